The van der Waals surface area contributed by atoms with Gasteiger partial charge >= 0.3 is 6.03 Å². The van der Waals surface area contributed by atoms with Crippen LogP contribution in [0.2, 0.25) is 0 Å². The molecule has 1 aromatic carbocycles. The Kier molecular flexibility index (Phi) is 6.27. The topological polar surface area (TPSA) is 55.3 Å². The van der Waals surface area contributed by atoms with Gasteiger partial charge in [-0.15, -0.1) is 0 Å². The van der Waals surface area contributed by atoms with Gasteiger partial charge in [-0.3, -0.25) is 0 Å². The summed E-state index contributed by atoms with van der Waals surface area (Å²) in [6.07, 6.45) is 5.35. The molecule has 5 nitrogen and oxygen atoms in total. The van der Waals surface area contributed by atoms with Crippen molar-refractivity contribution in [3.05, 3.63) is 30.5 Å². The van der Waals surface area contributed by atoms with E-state index in [0.717, 1.165) is 48.9 Å². The van der Waals surface area contributed by atoms with Gasteiger partial charge in [0.2, 0.25) is 0 Å². The molecule has 2 aromatic rings. The number of aromatic nitrogens is 1. The first-order valence-electron chi connectivity index (χ1n) is 7.87. The molecule has 22 heavy (non-hydrogen) atoms. The first-order chi connectivity index (χ1) is 10.7. The van der Waals surface area contributed by atoms with Crippen LogP contribution in [0.15, 0.2) is 30.5 Å². The highest BCUT2D eigenvalue weighted by atomic mass is 16.5. The Balaban J connectivity index is 1.93. The van der Waals surface area contributed by atoms with E-state index in [4.69, 9.17) is 4.74 Å². The van der Waals surface area contributed by atoms with E-state index in [1.807, 2.05) is 24.4 Å². The molecule has 0 aliphatic heterocycles. The van der Waals surface area contributed by atoms with Crippen molar-refractivity contribution in [1.82, 2.24) is 9.88 Å². The highest BCUT2D eigenvalue weighted by Gasteiger charge is 2.05. The van der Waals surface area contributed by atoms with Crippen molar-refractivity contribution in [1.29, 1.82) is 0 Å². The molecule has 0 spiro atoms. The quantitative estimate of drug-likeness (QED) is 0.732. The number of hydrogen-bond acceptors (Lipinski definition) is 2. The molecule has 0 unspecified atom stereocenters. The number of anilines is 1. The van der Waals surface area contributed by atoms with Crippen LogP contribution >= 0.6 is 0 Å². The molecule has 1 heterocycles. The highest BCUT2D eigenvalue weighted by Crippen LogP contribution is 2.20. The number of fused-ring (bicyclic) bond motifs is 1. The molecule has 1 aromatic heterocycles. The maximum atomic E-state index is 11.8. The van der Waals surface area contributed by atoms with E-state index in [0.29, 0.717) is 6.61 Å². The fourth-order valence-corrected chi connectivity index (χ4v) is 2.41. The van der Waals surface area contributed by atoms with E-state index in [2.05, 4.69) is 28.2 Å². The summed E-state index contributed by atoms with van der Waals surface area (Å²) < 4.78 is 7.26. The van der Waals surface area contributed by atoms with E-state index < -0.39 is 0 Å². The van der Waals surface area contributed by atoms with Crippen LogP contribution in [0, 0.1) is 0 Å². The van der Waals surface area contributed by atoms with Crippen molar-refractivity contribution < 1.29 is 9.53 Å². The Morgan fingerprint density at radius 2 is 2.14 bits per heavy atom. The second-order valence-corrected chi connectivity index (χ2v) is 5.36. The second kappa shape index (κ2) is 8.44. The predicted octanol–water partition coefficient (Wildman–Crippen LogP) is 3.60. The number of carbonyl (C=O) groups is 1. The zero-order valence-corrected chi connectivity index (χ0v) is 13.4. The Labute approximate surface area is 131 Å². The molecule has 2 rings (SSSR count). The molecule has 0 saturated heterocycles. The molecule has 0 saturated carbocycles. The zero-order valence-electron chi connectivity index (χ0n) is 13.4. The van der Waals surface area contributed by atoms with Gasteiger partial charge in [0.1, 0.15) is 0 Å². The third kappa shape index (κ3) is 4.49. The fraction of sp³-hybridized carbons (Fsp3) is 0.471. The lowest BCUT2D eigenvalue weighted by Gasteiger charge is -2.08. The second-order valence-electron chi connectivity index (χ2n) is 5.36. The fourth-order valence-electron chi connectivity index (χ4n) is 2.41. The number of carbonyl (C=O) groups excluding carboxylic acids is 1. The molecule has 2 N–H and O–H groups in total. The monoisotopic (exact) mass is 303 g/mol. The smallest absolute Gasteiger partial charge is 0.319 e. The Bertz CT molecular complexity index is 607. The van der Waals surface area contributed by atoms with Crippen LogP contribution in [-0.4, -0.2) is 30.9 Å². The maximum Gasteiger partial charge on any atom is 0.319 e. The normalized spacial score (nSPS) is 10.8. The Hall–Kier alpha value is -2.01. The summed E-state index contributed by atoms with van der Waals surface area (Å²) in [6.45, 7) is 4.37. The van der Waals surface area contributed by atoms with Crippen molar-refractivity contribution in [2.45, 2.75) is 32.7 Å². The SMILES string of the molecule is CCCCCNC(=O)Nc1ccc2c(ccn2CCOC)c1. The van der Waals surface area contributed by atoms with Gasteiger partial charge in [0.15, 0.2) is 0 Å². The number of hydrogen-bond donors (Lipinski definition) is 2. The molecule has 0 fully saturated rings. The lowest BCUT2D eigenvalue weighted by atomic mass is 10.2. The average molecular weight is 303 g/mol. The predicted molar refractivity (Wildman–Crippen MR) is 90.4 cm³/mol. The van der Waals surface area contributed by atoms with Crippen LogP contribution in [0.1, 0.15) is 26.2 Å². The molecule has 0 atom stereocenters. The first kappa shape index (κ1) is 16.4. The molecule has 120 valence electrons. The van der Waals surface area contributed by atoms with Gasteiger partial charge < -0.3 is 19.9 Å². The number of amides is 2. The standard InChI is InChI=1S/C17H25N3O2/c1-3-4-5-9-18-17(21)19-15-6-7-16-14(13-15)8-10-20(16)11-12-22-2/h6-8,10,13H,3-5,9,11-12H2,1-2H3,(H2,18,19,21). The zero-order chi connectivity index (χ0) is 15.8. The van der Waals surface area contributed by atoms with Crippen molar-refractivity contribution in [2.75, 3.05) is 25.6 Å². The maximum absolute atomic E-state index is 11.8. The third-order valence-electron chi connectivity index (χ3n) is 3.63. The number of nitrogens with zero attached hydrogens (tertiary/aromatic N) is 1. The molecular formula is C17H25N3O2. The molecule has 0 aliphatic carbocycles. The Morgan fingerprint density at radius 1 is 1.27 bits per heavy atom. The van der Waals surface area contributed by atoms with E-state index in [1.165, 1.54) is 0 Å². The minimum atomic E-state index is -0.144. The van der Waals surface area contributed by atoms with E-state index in [-0.39, 0.29) is 6.03 Å². The van der Waals surface area contributed by atoms with Gasteiger partial charge in [-0.05, 0) is 30.7 Å². The number of methoxy groups -OCH3 is 1. The van der Waals surface area contributed by atoms with Gasteiger partial charge in [0, 0.05) is 43.0 Å². The van der Waals surface area contributed by atoms with Crippen molar-refractivity contribution in [3.63, 3.8) is 0 Å². The summed E-state index contributed by atoms with van der Waals surface area (Å²) in [5.41, 5.74) is 1.95. The summed E-state index contributed by atoms with van der Waals surface area (Å²) >= 11 is 0. The number of benzene rings is 1. The molecule has 0 aliphatic rings. The van der Waals surface area contributed by atoms with Crippen LogP contribution < -0.4 is 10.6 Å². The number of urea groups is 1. The average Bonchev–Trinajstić information content (AvgIpc) is 2.92. The van der Waals surface area contributed by atoms with Crippen molar-refractivity contribution >= 4 is 22.6 Å². The lowest BCUT2D eigenvalue weighted by molar-refractivity contribution is 0.188. The molecular weight excluding hydrogens is 278 g/mol. The van der Waals surface area contributed by atoms with Gasteiger partial charge in [-0.2, -0.15) is 0 Å². The van der Waals surface area contributed by atoms with Gasteiger partial charge in [-0.25, -0.2) is 4.79 Å². The summed E-state index contributed by atoms with van der Waals surface area (Å²) in [7, 11) is 1.70. The van der Waals surface area contributed by atoms with Gasteiger partial charge in [0.25, 0.3) is 0 Å². The van der Waals surface area contributed by atoms with Crippen LogP contribution in [0.25, 0.3) is 10.9 Å². The molecule has 0 bridgehead atoms. The third-order valence-corrected chi connectivity index (χ3v) is 3.63. The van der Waals surface area contributed by atoms with Crippen molar-refractivity contribution in [3.8, 4) is 0 Å². The minimum Gasteiger partial charge on any atom is -0.383 e. The van der Waals surface area contributed by atoms with Crippen LogP contribution in [-0.2, 0) is 11.3 Å². The summed E-state index contributed by atoms with van der Waals surface area (Å²) in [6, 6.07) is 7.85. The van der Waals surface area contributed by atoms with Crippen LogP contribution in [0.5, 0.6) is 0 Å². The highest BCUT2D eigenvalue weighted by molar-refractivity contribution is 5.92. The van der Waals surface area contributed by atoms with E-state index >= 15 is 0 Å². The Morgan fingerprint density at radius 3 is 2.91 bits per heavy atom. The summed E-state index contributed by atoms with van der Waals surface area (Å²) in [4.78, 5) is 11.8. The minimum absolute atomic E-state index is 0.144. The number of nitrogens with one attached hydrogen (secondary N) is 2. The number of rotatable bonds is 8. The number of unbranched alkanes of at least 4 members (excludes halogenated alkanes) is 2. The molecule has 5 heteroatoms. The first-order valence-corrected chi connectivity index (χ1v) is 7.87. The van der Waals surface area contributed by atoms with Crippen molar-refractivity contribution in [2.24, 2.45) is 0 Å². The van der Waals surface area contributed by atoms with E-state index in [1.54, 1.807) is 7.11 Å². The van der Waals surface area contributed by atoms with Crippen LogP contribution in [0.4, 0.5) is 10.5 Å². The summed E-state index contributed by atoms with van der Waals surface area (Å²) in [5.74, 6) is 0. The largest absolute Gasteiger partial charge is 0.383 e. The van der Waals surface area contributed by atoms with E-state index in [9.17, 15) is 4.79 Å². The number of ether oxygens (including phenoxy) is 1. The summed E-state index contributed by atoms with van der Waals surface area (Å²) in [5, 5.41) is 6.87. The molecule has 2 amide bonds. The lowest BCUT2D eigenvalue weighted by Crippen LogP contribution is -2.29. The van der Waals surface area contributed by atoms with Gasteiger partial charge in [0.05, 0.1) is 6.61 Å². The van der Waals surface area contributed by atoms with Crippen LogP contribution in [0.3, 0.4) is 0 Å². The molecule has 0 radical (unpaired) electrons. The van der Waals surface area contributed by atoms with Gasteiger partial charge in [-0.1, -0.05) is 19.8 Å².